The van der Waals surface area contributed by atoms with E-state index in [1.165, 1.54) is 6.92 Å². The van der Waals surface area contributed by atoms with E-state index in [1.54, 1.807) is 0 Å². The first-order chi connectivity index (χ1) is 14.5. The fourth-order valence-electron chi connectivity index (χ4n) is 4.03. The second-order valence-electron chi connectivity index (χ2n) is 7.98. The third kappa shape index (κ3) is 4.73. The lowest BCUT2D eigenvalue weighted by Gasteiger charge is -2.26. The first-order valence-corrected chi connectivity index (χ1v) is 10.4. The van der Waals surface area contributed by atoms with E-state index < -0.39 is 17.6 Å². The number of carbonyl (C=O) groups is 2. The van der Waals surface area contributed by atoms with Gasteiger partial charge in [0.1, 0.15) is 12.1 Å². The Morgan fingerprint density at radius 2 is 1.67 bits per heavy atom. The minimum Gasteiger partial charge on any atom is -0.480 e. The van der Waals surface area contributed by atoms with Gasteiger partial charge in [-0.15, -0.1) is 6.58 Å². The van der Waals surface area contributed by atoms with E-state index in [-0.39, 0.29) is 12.5 Å². The molecule has 0 aromatic heterocycles. The second-order valence-corrected chi connectivity index (χ2v) is 7.98. The molecule has 2 aromatic rings. The highest BCUT2D eigenvalue weighted by Gasteiger charge is 2.35. The number of benzene rings is 2. The van der Waals surface area contributed by atoms with Crippen LogP contribution in [-0.2, 0) is 9.53 Å². The number of carboxylic acid groups (broad SMARTS) is 1. The lowest BCUT2D eigenvalue weighted by molar-refractivity contribution is -0.144. The molecule has 5 nitrogen and oxygen atoms in total. The van der Waals surface area contributed by atoms with Gasteiger partial charge in [0.05, 0.1) is 0 Å². The van der Waals surface area contributed by atoms with Gasteiger partial charge in [-0.2, -0.15) is 0 Å². The van der Waals surface area contributed by atoms with Crippen molar-refractivity contribution in [1.82, 2.24) is 5.32 Å². The lowest BCUT2D eigenvalue weighted by Crippen LogP contribution is -2.52. The zero-order valence-corrected chi connectivity index (χ0v) is 17.4. The van der Waals surface area contributed by atoms with Crippen molar-refractivity contribution in [2.24, 2.45) is 0 Å². The normalized spacial score (nSPS) is 14.3. The number of hydrogen-bond acceptors (Lipinski definition) is 3. The molecule has 0 aliphatic heterocycles. The monoisotopic (exact) mass is 407 g/mol. The minimum atomic E-state index is -1.35. The zero-order chi connectivity index (χ0) is 21.6. The number of hydrogen-bond donors (Lipinski definition) is 2. The van der Waals surface area contributed by atoms with Gasteiger partial charge in [0.25, 0.3) is 0 Å². The Labute approximate surface area is 177 Å². The van der Waals surface area contributed by atoms with Crippen molar-refractivity contribution < 1.29 is 19.4 Å². The predicted octanol–water partition coefficient (Wildman–Crippen LogP) is 5.50. The molecule has 158 valence electrons. The lowest BCUT2D eigenvalue weighted by atomic mass is 9.94. The van der Waals surface area contributed by atoms with Crippen molar-refractivity contribution in [1.29, 1.82) is 0 Å². The number of unbranched alkanes of at least 4 members (excludes halogenated alkanes) is 3. The molecule has 0 radical (unpaired) electrons. The first-order valence-electron chi connectivity index (χ1n) is 10.4. The summed E-state index contributed by atoms with van der Waals surface area (Å²) in [6.07, 6.45) is 4.97. The van der Waals surface area contributed by atoms with E-state index in [0.717, 1.165) is 41.5 Å². The van der Waals surface area contributed by atoms with Crippen LogP contribution >= 0.6 is 0 Å². The van der Waals surface area contributed by atoms with Gasteiger partial charge >= 0.3 is 12.1 Å². The van der Waals surface area contributed by atoms with E-state index in [1.807, 2.05) is 42.5 Å². The molecule has 0 heterocycles. The molecule has 0 bridgehead atoms. The molecule has 0 unspecified atom stereocenters. The van der Waals surface area contributed by atoms with E-state index in [4.69, 9.17) is 4.74 Å². The summed E-state index contributed by atoms with van der Waals surface area (Å²) >= 11 is 0. The van der Waals surface area contributed by atoms with Crippen LogP contribution in [-0.4, -0.2) is 29.3 Å². The number of alkyl carbamates (subject to hydrolysis) is 1. The maximum Gasteiger partial charge on any atom is 0.408 e. The third-order valence-electron chi connectivity index (χ3n) is 5.78. The molecule has 0 fully saturated rings. The second kappa shape index (κ2) is 9.61. The SMILES string of the molecule is C=CCCCCC[C@](C)(NC(=O)OCC1c2ccccc2-c2ccccc21)C(=O)O. The molecule has 2 N–H and O–H groups in total. The molecule has 1 amide bonds. The topological polar surface area (TPSA) is 75.6 Å². The Bertz CT molecular complexity index is 877. The summed E-state index contributed by atoms with van der Waals surface area (Å²) in [4.78, 5) is 24.2. The summed E-state index contributed by atoms with van der Waals surface area (Å²) < 4.78 is 5.50. The summed E-state index contributed by atoms with van der Waals surface area (Å²) in [6, 6.07) is 16.2. The molecule has 0 saturated carbocycles. The fourth-order valence-corrected chi connectivity index (χ4v) is 4.03. The van der Waals surface area contributed by atoms with Crippen LogP contribution in [0.2, 0.25) is 0 Å². The summed E-state index contributed by atoms with van der Waals surface area (Å²) in [6.45, 7) is 5.38. The van der Waals surface area contributed by atoms with Gasteiger partial charge in [-0.05, 0) is 48.4 Å². The summed E-state index contributed by atoms with van der Waals surface area (Å²) in [5.74, 6) is -1.11. The van der Waals surface area contributed by atoms with Crippen LogP contribution in [0.4, 0.5) is 4.79 Å². The highest BCUT2D eigenvalue weighted by Crippen LogP contribution is 2.44. The van der Waals surface area contributed by atoms with Crippen LogP contribution in [0.15, 0.2) is 61.2 Å². The molecule has 1 aliphatic rings. The molecular formula is C25H29NO4. The molecule has 5 heteroatoms. The van der Waals surface area contributed by atoms with Crippen molar-refractivity contribution in [3.63, 3.8) is 0 Å². The van der Waals surface area contributed by atoms with Gasteiger partial charge in [0, 0.05) is 5.92 Å². The number of carboxylic acids is 1. The third-order valence-corrected chi connectivity index (χ3v) is 5.78. The number of allylic oxidation sites excluding steroid dienone is 1. The number of fused-ring (bicyclic) bond motifs is 3. The largest absolute Gasteiger partial charge is 0.480 e. The Hall–Kier alpha value is -3.08. The minimum absolute atomic E-state index is 0.0573. The van der Waals surface area contributed by atoms with Gasteiger partial charge < -0.3 is 15.2 Å². The molecule has 30 heavy (non-hydrogen) atoms. The molecule has 2 aromatic carbocycles. The summed E-state index contributed by atoms with van der Waals surface area (Å²) in [5.41, 5.74) is 3.19. The van der Waals surface area contributed by atoms with E-state index >= 15 is 0 Å². The van der Waals surface area contributed by atoms with Gasteiger partial charge in [-0.3, -0.25) is 0 Å². The van der Waals surface area contributed by atoms with Crippen LogP contribution in [0.3, 0.4) is 0 Å². The Morgan fingerprint density at radius 3 is 2.23 bits per heavy atom. The van der Waals surface area contributed by atoms with E-state index in [9.17, 15) is 14.7 Å². The average Bonchev–Trinajstić information content (AvgIpc) is 3.06. The number of carbonyl (C=O) groups excluding carboxylic acids is 1. The molecular weight excluding hydrogens is 378 g/mol. The van der Waals surface area contributed by atoms with Crippen molar-refractivity contribution in [3.8, 4) is 11.1 Å². The van der Waals surface area contributed by atoms with Gasteiger partial charge in [-0.1, -0.05) is 67.4 Å². The van der Waals surface area contributed by atoms with E-state index in [0.29, 0.717) is 12.8 Å². The van der Waals surface area contributed by atoms with Crippen LogP contribution in [0.25, 0.3) is 11.1 Å². The Morgan fingerprint density at radius 1 is 1.07 bits per heavy atom. The van der Waals surface area contributed by atoms with Crippen LogP contribution in [0, 0.1) is 0 Å². The smallest absolute Gasteiger partial charge is 0.408 e. The molecule has 0 saturated heterocycles. The van der Waals surface area contributed by atoms with Crippen LogP contribution in [0.5, 0.6) is 0 Å². The van der Waals surface area contributed by atoms with Crippen molar-refractivity contribution >= 4 is 12.1 Å². The highest BCUT2D eigenvalue weighted by atomic mass is 16.5. The standard InChI is InChI=1S/C25H29NO4/c1-3-4-5-6-11-16-25(2,23(27)28)26-24(29)30-17-22-20-14-9-7-12-18(20)19-13-8-10-15-21(19)22/h3,7-10,12-15,22H,1,4-6,11,16-17H2,2H3,(H,26,29)(H,27,28)/t25-/m0/s1. The van der Waals surface area contributed by atoms with Gasteiger partial charge in [0.15, 0.2) is 0 Å². The number of aliphatic carboxylic acids is 1. The van der Waals surface area contributed by atoms with Crippen LogP contribution < -0.4 is 5.32 Å². The highest BCUT2D eigenvalue weighted by molar-refractivity contribution is 5.84. The number of nitrogens with one attached hydrogen (secondary N) is 1. The van der Waals surface area contributed by atoms with Crippen molar-refractivity contribution in [3.05, 3.63) is 72.3 Å². The maximum absolute atomic E-state index is 12.5. The van der Waals surface area contributed by atoms with Crippen molar-refractivity contribution in [2.75, 3.05) is 6.61 Å². The van der Waals surface area contributed by atoms with Gasteiger partial charge in [0.2, 0.25) is 0 Å². The average molecular weight is 408 g/mol. The fraction of sp³-hybridized carbons (Fsp3) is 0.360. The Kier molecular flexibility index (Phi) is 6.93. The Balaban J connectivity index is 1.62. The first kappa shape index (κ1) is 21.6. The van der Waals surface area contributed by atoms with E-state index in [2.05, 4.69) is 24.0 Å². The molecule has 3 rings (SSSR count). The number of amides is 1. The predicted molar refractivity (Wildman–Crippen MR) is 118 cm³/mol. The molecule has 1 aliphatic carbocycles. The zero-order valence-electron chi connectivity index (χ0n) is 17.4. The van der Waals surface area contributed by atoms with Crippen molar-refractivity contribution in [2.45, 2.75) is 50.5 Å². The number of rotatable bonds is 10. The quantitative estimate of drug-likeness (QED) is 0.402. The molecule has 0 spiro atoms. The summed E-state index contributed by atoms with van der Waals surface area (Å²) in [7, 11) is 0. The number of ether oxygens (including phenoxy) is 1. The van der Waals surface area contributed by atoms with Crippen LogP contribution in [0.1, 0.15) is 56.1 Å². The summed E-state index contributed by atoms with van der Waals surface area (Å²) in [5, 5.41) is 12.2. The van der Waals surface area contributed by atoms with Gasteiger partial charge in [-0.25, -0.2) is 9.59 Å². The molecule has 1 atom stereocenters. The maximum atomic E-state index is 12.5.